The Labute approximate surface area is 81.1 Å². The summed E-state index contributed by atoms with van der Waals surface area (Å²) in [6.07, 6.45) is 0. The number of rotatable bonds is 2. The minimum absolute atomic E-state index is 0.302. The lowest BCUT2D eigenvalue weighted by molar-refractivity contribution is 0.275. The van der Waals surface area contributed by atoms with Gasteiger partial charge in [0.1, 0.15) is 0 Å². The van der Waals surface area contributed by atoms with Crippen LogP contribution in [0.25, 0.3) is 10.4 Å². The van der Waals surface area contributed by atoms with Gasteiger partial charge in [0.15, 0.2) is 0 Å². The second-order valence-electron chi connectivity index (χ2n) is 3.09. The van der Waals surface area contributed by atoms with Gasteiger partial charge in [-0.25, -0.2) is 0 Å². The molecule has 0 aromatic heterocycles. The van der Waals surface area contributed by atoms with Crippen molar-refractivity contribution in [1.29, 1.82) is 0 Å². The van der Waals surface area contributed by atoms with E-state index in [1.165, 1.54) is 0 Å². The molecule has 0 fully saturated rings. The largest absolute Gasteiger partial charge is 0.491 e. The van der Waals surface area contributed by atoms with Crippen molar-refractivity contribution in [1.82, 2.24) is 0 Å². The van der Waals surface area contributed by atoms with Gasteiger partial charge in [-0.2, -0.15) is 0 Å². The van der Waals surface area contributed by atoms with Crippen LogP contribution in [0, 0.1) is 0 Å². The Hall–Kier alpha value is -1.49. The highest BCUT2D eigenvalue weighted by Crippen LogP contribution is 2.11. The first kappa shape index (κ1) is 9.08. The maximum atomic E-state index is 9.41. The minimum atomic E-state index is -0.837. The van der Waals surface area contributed by atoms with E-state index in [1.54, 1.807) is 0 Å². The third kappa shape index (κ3) is 1.58. The van der Waals surface area contributed by atoms with Gasteiger partial charge in [-0.1, -0.05) is 23.3 Å². The van der Waals surface area contributed by atoms with Crippen LogP contribution in [0.5, 0.6) is 0 Å². The molecule has 0 amide bonds. The van der Waals surface area contributed by atoms with Gasteiger partial charge in [-0.15, -0.1) is 0 Å². The SMILES string of the molecule is [N-]=[N+]=NCc1ccc2c(c1)B(O)OC2. The molecular formula is C8H8BN3O2. The molecule has 0 radical (unpaired) electrons. The lowest BCUT2D eigenvalue weighted by atomic mass is 9.79. The molecule has 6 heteroatoms. The molecule has 0 saturated carbocycles. The average molecular weight is 189 g/mol. The molecule has 0 spiro atoms. The molecule has 5 nitrogen and oxygen atoms in total. The second-order valence-corrected chi connectivity index (χ2v) is 3.09. The highest BCUT2D eigenvalue weighted by Gasteiger charge is 2.26. The molecule has 0 unspecified atom stereocenters. The third-order valence-electron chi connectivity index (χ3n) is 2.19. The molecule has 0 bridgehead atoms. The van der Waals surface area contributed by atoms with Gasteiger partial charge in [-0.3, -0.25) is 0 Å². The molecular weight excluding hydrogens is 181 g/mol. The Kier molecular flexibility index (Phi) is 2.41. The Bertz CT molecular complexity index is 404. The lowest BCUT2D eigenvalue weighted by Gasteiger charge is -2.00. The molecule has 1 aliphatic heterocycles. The van der Waals surface area contributed by atoms with Crippen molar-refractivity contribution in [2.45, 2.75) is 13.2 Å². The summed E-state index contributed by atoms with van der Waals surface area (Å²) >= 11 is 0. The summed E-state index contributed by atoms with van der Waals surface area (Å²) in [7, 11) is -0.837. The van der Waals surface area contributed by atoms with E-state index in [9.17, 15) is 5.02 Å². The quantitative estimate of drug-likeness (QED) is 0.322. The van der Waals surface area contributed by atoms with Gasteiger partial charge in [-0.05, 0) is 22.1 Å². The summed E-state index contributed by atoms with van der Waals surface area (Å²) < 4.78 is 5.03. The van der Waals surface area contributed by atoms with E-state index < -0.39 is 7.12 Å². The molecule has 1 aliphatic rings. The van der Waals surface area contributed by atoms with E-state index in [0.29, 0.717) is 13.2 Å². The van der Waals surface area contributed by atoms with Crippen molar-refractivity contribution < 1.29 is 9.68 Å². The van der Waals surface area contributed by atoms with E-state index in [-0.39, 0.29) is 0 Å². The van der Waals surface area contributed by atoms with E-state index in [2.05, 4.69) is 10.0 Å². The topological polar surface area (TPSA) is 78.2 Å². The van der Waals surface area contributed by atoms with Gasteiger partial charge in [0.05, 0.1) is 13.2 Å². The van der Waals surface area contributed by atoms with Crippen LogP contribution in [0.2, 0.25) is 0 Å². The Morgan fingerprint density at radius 2 is 2.50 bits per heavy atom. The number of hydrogen-bond donors (Lipinski definition) is 1. The first-order valence-electron chi connectivity index (χ1n) is 4.23. The van der Waals surface area contributed by atoms with Crippen LogP contribution in [-0.4, -0.2) is 12.1 Å². The summed E-state index contributed by atoms with van der Waals surface area (Å²) in [6, 6.07) is 5.56. The predicted molar refractivity (Wildman–Crippen MR) is 51.7 cm³/mol. The standard InChI is InChI=1S/C8H8BN3O2/c10-12-11-4-6-1-2-7-5-14-9(13)8(7)3-6/h1-3,13H,4-5H2. The third-order valence-corrected chi connectivity index (χ3v) is 2.19. The van der Waals surface area contributed by atoms with Crippen LogP contribution in [0.15, 0.2) is 23.3 Å². The molecule has 1 aromatic rings. The summed E-state index contributed by atoms with van der Waals surface area (Å²) in [6.45, 7) is 0.745. The zero-order valence-electron chi connectivity index (χ0n) is 7.42. The maximum absolute atomic E-state index is 9.41. The van der Waals surface area contributed by atoms with Crippen molar-refractivity contribution in [2.75, 3.05) is 0 Å². The zero-order chi connectivity index (χ0) is 9.97. The highest BCUT2D eigenvalue weighted by molar-refractivity contribution is 6.61. The number of fused-ring (bicyclic) bond motifs is 1. The summed E-state index contributed by atoms with van der Waals surface area (Å²) in [5, 5.41) is 12.9. The average Bonchev–Trinajstić information content (AvgIpc) is 2.57. The van der Waals surface area contributed by atoms with Crippen molar-refractivity contribution in [3.05, 3.63) is 39.8 Å². The monoisotopic (exact) mass is 189 g/mol. The minimum Gasteiger partial charge on any atom is -0.423 e. The van der Waals surface area contributed by atoms with Crippen molar-refractivity contribution >= 4 is 12.6 Å². The van der Waals surface area contributed by atoms with E-state index in [0.717, 1.165) is 16.6 Å². The summed E-state index contributed by atoms with van der Waals surface area (Å²) in [5.74, 6) is 0. The molecule has 0 saturated heterocycles. The molecule has 1 heterocycles. The zero-order valence-corrected chi connectivity index (χ0v) is 7.42. The fourth-order valence-corrected chi connectivity index (χ4v) is 1.48. The molecule has 0 atom stereocenters. The second kappa shape index (κ2) is 3.71. The first-order valence-corrected chi connectivity index (χ1v) is 4.23. The smallest absolute Gasteiger partial charge is 0.423 e. The van der Waals surface area contributed by atoms with Gasteiger partial charge >= 0.3 is 7.12 Å². The molecule has 14 heavy (non-hydrogen) atoms. The van der Waals surface area contributed by atoms with Crippen molar-refractivity contribution in [2.24, 2.45) is 5.11 Å². The van der Waals surface area contributed by atoms with Gasteiger partial charge in [0, 0.05) is 4.91 Å². The van der Waals surface area contributed by atoms with Gasteiger partial charge in [0.25, 0.3) is 0 Å². The number of azide groups is 1. The van der Waals surface area contributed by atoms with E-state index >= 15 is 0 Å². The highest BCUT2D eigenvalue weighted by atomic mass is 16.5. The fourth-order valence-electron chi connectivity index (χ4n) is 1.48. The number of hydrogen-bond acceptors (Lipinski definition) is 3. The normalized spacial score (nSPS) is 13.6. The molecule has 1 N–H and O–H groups in total. The molecule has 70 valence electrons. The maximum Gasteiger partial charge on any atom is 0.491 e. The van der Waals surface area contributed by atoms with Crippen LogP contribution in [-0.2, 0) is 17.8 Å². The molecule has 0 aliphatic carbocycles. The summed E-state index contributed by atoms with van der Waals surface area (Å²) in [5.41, 5.74) is 10.8. The predicted octanol–water partition coefficient (Wildman–Crippen LogP) is 0.715. The van der Waals surface area contributed by atoms with E-state index in [1.807, 2.05) is 18.2 Å². The van der Waals surface area contributed by atoms with Crippen molar-refractivity contribution in [3.63, 3.8) is 0 Å². The van der Waals surface area contributed by atoms with Crippen LogP contribution in [0.1, 0.15) is 11.1 Å². The number of nitrogens with zero attached hydrogens (tertiary/aromatic N) is 3. The lowest BCUT2D eigenvalue weighted by Crippen LogP contribution is -2.28. The Balaban J connectivity index is 2.30. The van der Waals surface area contributed by atoms with Crippen molar-refractivity contribution in [3.8, 4) is 0 Å². The van der Waals surface area contributed by atoms with E-state index in [4.69, 9.17) is 10.2 Å². The molecule has 2 rings (SSSR count). The van der Waals surface area contributed by atoms with Crippen LogP contribution < -0.4 is 5.46 Å². The number of benzene rings is 1. The Morgan fingerprint density at radius 1 is 1.64 bits per heavy atom. The van der Waals surface area contributed by atoms with Crippen LogP contribution >= 0.6 is 0 Å². The van der Waals surface area contributed by atoms with Crippen LogP contribution in [0.4, 0.5) is 0 Å². The van der Waals surface area contributed by atoms with Gasteiger partial charge in [0.2, 0.25) is 0 Å². The van der Waals surface area contributed by atoms with Gasteiger partial charge < -0.3 is 9.68 Å². The first-order chi connectivity index (χ1) is 6.81. The van der Waals surface area contributed by atoms with Crippen LogP contribution in [0.3, 0.4) is 0 Å². The fraction of sp³-hybridized carbons (Fsp3) is 0.250. The Morgan fingerprint density at radius 3 is 3.29 bits per heavy atom. The molecule has 1 aromatic carbocycles. The summed E-state index contributed by atoms with van der Waals surface area (Å²) in [4.78, 5) is 2.67.